The minimum absolute atomic E-state index is 0.653. The first-order chi connectivity index (χ1) is 9.83. The van der Waals surface area contributed by atoms with Crippen LogP contribution in [0.2, 0.25) is 0 Å². The Morgan fingerprint density at radius 2 is 1.90 bits per heavy atom. The van der Waals surface area contributed by atoms with Crippen molar-refractivity contribution < 1.29 is 0 Å². The molecule has 20 heavy (non-hydrogen) atoms. The van der Waals surface area contributed by atoms with E-state index in [1.807, 2.05) is 48.5 Å². The van der Waals surface area contributed by atoms with E-state index >= 15 is 0 Å². The molecule has 2 aromatic carbocycles. The second-order valence-electron chi connectivity index (χ2n) is 4.51. The van der Waals surface area contributed by atoms with Crippen molar-refractivity contribution in [2.75, 3.05) is 0 Å². The van der Waals surface area contributed by atoms with Gasteiger partial charge in [0.25, 0.3) is 0 Å². The minimum atomic E-state index is 0.653. The van der Waals surface area contributed by atoms with Gasteiger partial charge in [-0.3, -0.25) is 0 Å². The summed E-state index contributed by atoms with van der Waals surface area (Å²) < 4.78 is 2.13. The highest BCUT2D eigenvalue weighted by Gasteiger charge is 2.11. The average molecular weight is 259 g/mol. The first-order valence-corrected chi connectivity index (χ1v) is 6.40. The number of hydrogen-bond acceptors (Lipinski definition) is 2. The topological polar surface area (TPSA) is 41.6 Å². The summed E-state index contributed by atoms with van der Waals surface area (Å²) in [5.74, 6) is 0.899. The number of rotatable bonds is 3. The number of nitriles is 1. The van der Waals surface area contributed by atoms with Crippen LogP contribution in [0.25, 0.3) is 22.4 Å². The van der Waals surface area contributed by atoms with Crippen LogP contribution in [0.1, 0.15) is 5.56 Å². The van der Waals surface area contributed by atoms with Crippen molar-refractivity contribution in [2.45, 2.75) is 6.54 Å². The standard InChI is InChI=1S/C17H13N3/c1-2-11-20-16-6-4-3-5-15(16)19-17(20)14-9-7-13(12-18)8-10-14/h2-10H,1,11H2. The molecule has 0 aliphatic heterocycles. The fraction of sp³-hybridized carbons (Fsp3) is 0.0588. The largest absolute Gasteiger partial charge is 0.320 e. The van der Waals surface area contributed by atoms with E-state index in [1.54, 1.807) is 0 Å². The molecule has 0 amide bonds. The van der Waals surface area contributed by atoms with Crippen molar-refractivity contribution in [1.82, 2.24) is 9.55 Å². The Bertz CT molecular complexity index is 804. The van der Waals surface area contributed by atoms with Gasteiger partial charge >= 0.3 is 0 Å². The lowest BCUT2D eigenvalue weighted by Gasteiger charge is -2.06. The van der Waals surface area contributed by atoms with Gasteiger partial charge in [-0.15, -0.1) is 6.58 Å². The van der Waals surface area contributed by atoms with Gasteiger partial charge in [0.1, 0.15) is 5.82 Å². The first-order valence-electron chi connectivity index (χ1n) is 6.40. The number of nitrogens with zero attached hydrogens (tertiary/aromatic N) is 3. The maximum Gasteiger partial charge on any atom is 0.141 e. The van der Waals surface area contributed by atoms with Crippen molar-refractivity contribution >= 4 is 11.0 Å². The molecule has 0 unspecified atom stereocenters. The smallest absolute Gasteiger partial charge is 0.141 e. The number of aromatic nitrogens is 2. The summed E-state index contributed by atoms with van der Waals surface area (Å²) in [6.07, 6.45) is 1.86. The van der Waals surface area contributed by atoms with Crippen LogP contribution in [0.5, 0.6) is 0 Å². The van der Waals surface area contributed by atoms with Crippen LogP contribution in [-0.4, -0.2) is 9.55 Å². The monoisotopic (exact) mass is 259 g/mol. The van der Waals surface area contributed by atoms with E-state index < -0.39 is 0 Å². The lowest BCUT2D eigenvalue weighted by atomic mass is 10.1. The second kappa shape index (κ2) is 5.02. The highest BCUT2D eigenvalue weighted by Crippen LogP contribution is 2.25. The van der Waals surface area contributed by atoms with Crippen LogP contribution in [-0.2, 0) is 6.54 Å². The van der Waals surface area contributed by atoms with Crippen LogP contribution < -0.4 is 0 Å². The summed E-state index contributed by atoms with van der Waals surface area (Å²) in [4.78, 5) is 4.69. The summed E-state index contributed by atoms with van der Waals surface area (Å²) in [6.45, 7) is 4.52. The second-order valence-corrected chi connectivity index (χ2v) is 4.51. The third kappa shape index (κ3) is 1.98. The molecule has 1 heterocycles. The Kier molecular flexibility index (Phi) is 3.06. The van der Waals surface area contributed by atoms with E-state index in [0.29, 0.717) is 12.1 Å². The summed E-state index contributed by atoms with van der Waals surface area (Å²) in [6, 6.07) is 17.7. The fourth-order valence-electron chi connectivity index (χ4n) is 2.30. The molecule has 3 rings (SSSR count). The molecule has 0 spiro atoms. The molecule has 0 fully saturated rings. The lowest BCUT2D eigenvalue weighted by Crippen LogP contribution is -1.98. The third-order valence-corrected chi connectivity index (χ3v) is 3.24. The summed E-state index contributed by atoms with van der Waals surface area (Å²) in [5, 5.41) is 8.87. The molecule has 3 nitrogen and oxygen atoms in total. The Balaban J connectivity index is 2.21. The Labute approximate surface area is 117 Å². The number of benzene rings is 2. The van der Waals surface area contributed by atoms with Gasteiger partial charge < -0.3 is 4.57 Å². The number of para-hydroxylation sites is 2. The number of hydrogen-bond donors (Lipinski definition) is 0. The predicted molar refractivity (Wildman–Crippen MR) is 80.1 cm³/mol. The molecule has 0 N–H and O–H groups in total. The van der Waals surface area contributed by atoms with Crippen LogP contribution >= 0.6 is 0 Å². The van der Waals surface area contributed by atoms with Crippen molar-refractivity contribution in [2.24, 2.45) is 0 Å². The van der Waals surface area contributed by atoms with Gasteiger partial charge in [-0.1, -0.05) is 18.2 Å². The van der Waals surface area contributed by atoms with Gasteiger partial charge in [-0.05, 0) is 36.4 Å². The van der Waals surface area contributed by atoms with Crippen LogP contribution in [0.15, 0.2) is 61.2 Å². The normalized spacial score (nSPS) is 10.3. The third-order valence-electron chi connectivity index (χ3n) is 3.24. The minimum Gasteiger partial charge on any atom is -0.320 e. The van der Waals surface area contributed by atoms with Gasteiger partial charge in [0.2, 0.25) is 0 Å². The SMILES string of the molecule is C=CCn1c(-c2ccc(C#N)cc2)nc2ccccc21. The molecule has 0 saturated heterocycles. The number of allylic oxidation sites excluding steroid dienone is 1. The molecule has 3 aromatic rings. The summed E-state index contributed by atoms with van der Waals surface area (Å²) >= 11 is 0. The zero-order valence-corrected chi connectivity index (χ0v) is 11.0. The summed E-state index contributed by atoms with van der Waals surface area (Å²) in [7, 11) is 0. The molecule has 1 aromatic heterocycles. The highest BCUT2D eigenvalue weighted by atomic mass is 15.1. The van der Waals surface area contributed by atoms with E-state index in [1.165, 1.54) is 0 Å². The molecule has 0 aliphatic rings. The van der Waals surface area contributed by atoms with Crippen molar-refractivity contribution in [3.8, 4) is 17.5 Å². The van der Waals surface area contributed by atoms with Gasteiger partial charge in [0, 0.05) is 12.1 Å². The molecule has 3 heteroatoms. The molecule has 96 valence electrons. The molecule has 0 aliphatic carbocycles. The zero-order chi connectivity index (χ0) is 13.9. The van der Waals surface area contributed by atoms with Gasteiger partial charge in [0.15, 0.2) is 0 Å². The van der Waals surface area contributed by atoms with E-state index in [0.717, 1.165) is 22.4 Å². The van der Waals surface area contributed by atoms with E-state index in [2.05, 4.69) is 28.3 Å². The molecule has 0 saturated carbocycles. The van der Waals surface area contributed by atoms with Gasteiger partial charge in [0.05, 0.1) is 22.7 Å². The number of imidazole rings is 1. The fourth-order valence-corrected chi connectivity index (χ4v) is 2.30. The van der Waals surface area contributed by atoms with Gasteiger partial charge in [-0.2, -0.15) is 5.26 Å². The maximum atomic E-state index is 8.87. The van der Waals surface area contributed by atoms with E-state index in [4.69, 9.17) is 5.26 Å². The highest BCUT2D eigenvalue weighted by molar-refractivity contribution is 5.80. The lowest BCUT2D eigenvalue weighted by molar-refractivity contribution is 0.862. The zero-order valence-electron chi connectivity index (χ0n) is 11.0. The summed E-state index contributed by atoms with van der Waals surface area (Å²) in [5.41, 5.74) is 3.71. The molecule has 0 bridgehead atoms. The average Bonchev–Trinajstić information content (AvgIpc) is 2.87. The van der Waals surface area contributed by atoms with E-state index in [-0.39, 0.29) is 0 Å². The number of fused-ring (bicyclic) bond motifs is 1. The van der Waals surface area contributed by atoms with Crippen molar-refractivity contribution in [1.29, 1.82) is 5.26 Å². The predicted octanol–water partition coefficient (Wildman–Crippen LogP) is 3.76. The van der Waals surface area contributed by atoms with E-state index in [9.17, 15) is 0 Å². The molecular weight excluding hydrogens is 246 g/mol. The Hall–Kier alpha value is -2.86. The van der Waals surface area contributed by atoms with Crippen LogP contribution in [0.4, 0.5) is 0 Å². The Morgan fingerprint density at radius 3 is 2.60 bits per heavy atom. The molecule has 0 atom stereocenters. The maximum absolute atomic E-state index is 8.87. The quantitative estimate of drug-likeness (QED) is 0.672. The van der Waals surface area contributed by atoms with Crippen molar-refractivity contribution in [3.05, 3.63) is 66.7 Å². The van der Waals surface area contributed by atoms with Gasteiger partial charge in [-0.25, -0.2) is 4.98 Å². The van der Waals surface area contributed by atoms with Crippen LogP contribution in [0, 0.1) is 11.3 Å². The van der Waals surface area contributed by atoms with Crippen molar-refractivity contribution in [3.63, 3.8) is 0 Å². The molecule has 0 radical (unpaired) electrons. The molecular formula is C17H13N3. The first kappa shape index (κ1) is 12.2. The van der Waals surface area contributed by atoms with Crippen LogP contribution in [0.3, 0.4) is 0 Å². The Morgan fingerprint density at radius 1 is 1.15 bits per heavy atom.